The maximum atomic E-state index is 11.9. The second-order valence-corrected chi connectivity index (χ2v) is 8.57. The Morgan fingerprint density at radius 1 is 1.24 bits per heavy atom. The van der Waals surface area contributed by atoms with Gasteiger partial charge in [-0.2, -0.15) is 0 Å². The van der Waals surface area contributed by atoms with E-state index in [9.17, 15) is 14.7 Å². The SMILES string of the molecule is CCCC1(CC(NNC(=O)OC(C)(C)C)C(=O)O)C=CC=C(c2ccccc2)C1. The minimum absolute atomic E-state index is 0.305. The Morgan fingerprint density at radius 2 is 1.93 bits per heavy atom. The Bertz CT molecular complexity index is 765. The third-order valence-electron chi connectivity index (χ3n) is 4.84. The fourth-order valence-corrected chi connectivity index (χ4v) is 3.68. The van der Waals surface area contributed by atoms with Gasteiger partial charge in [0.05, 0.1) is 0 Å². The number of ether oxygens (including phenoxy) is 1. The number of hydrogen-bond donors (Lipinski definition) is 3. The monoisotopic (exact) mass is 400 g/mol. The summed E-state index contributed by atoms with van der Waals surface area (Å²) in [6.45, 7) is 7.35. The number of nitrogens with one attached hydrogen (secondary N) is 2. The molecule has 1 aliphatic carbocycles. The Hall–Kier alpha value is -2.60. The maximum absolute atomic E-state index is 11.9. The highest BCUT2D eigenvalue weighted by molar-refractivity contribution is 5.75. The minimum atomic E-state index is -1.01. The molecule has 0 aliphatic heterocycles. The van der Waals surface area contributed by atoms with Crippen molar-refractivity contribution in [1.29, 1.82) is 0 Å². The molecule has 0 aromatic heterocycles. The largest absolute Gasteiger partial charge is 0.480 e. The highest BCUT2D eigenvalue weighted by Crippen LogP contribution is 2.43. The highest BCUT2D eigenvalue weighted by atomic mass is 16.6. The molecule has 2 rings (SSSR count). The second kappa shape index (κ2) is 9.74. The number of hydrogen-bond acceptors (Lipinski definition) is 4. The molecule has 0 heterocycles. The standard InChI is InChI=1S/C23H32N2O4/c1-5-13-23(14-9-12-18(15-23)17-10-7-6-8-11-17)16-19(20(26)27)24-25-21(28)29-22(2,3)4/h6-12,14,19,24H,5,13,15-16H2,1-4H3,(H,25,28)(H,26,27). The van der Waals surface area contributed by atoms with Gasteiger partial charge in [0.15, 0.2) is 0 Å². The number of carbonyl (C=O) groups is 2. The van der Waals surface area contributed by atoms with E-state index in [-0.39, 0.29) is 5.41 Å². The average Bonchev–Trinajstić information content (AvgIpc) is 2.65. The van der Waals surface area contributed by atoms with Gasteiger partial charge in [-0.3, -0.25) is 10.2 Å². The first-order valence-electron chi connectivity index (χ1n) is 10.1. The van der Waals surface area contributed by atoms with Gasteiger partial charge in [-0.05, 0) is 56.6 Å². The van der Waals surface area contributed by atoms with E-state index in [0.29, 0.717) is 6.42 Å². The number of carbonyl (C=O) groups excluding carboxylic acids is 1. The van der Waals surface area contributed by atoms with Crippen LogP contribution in [0.3, 0.4) is 0 Å². The van der Waals surface area contributed by atoms with Crippen LogP contribution in [-0.4, -0.2) is 28.8 Å². The average molecular weight is 401 g/mol. The van der Waals surface area contributed by atoms with Gasteiger partial charge in [-0.1, -0.05) is 61.9 Å². The zero-order valence-corrected chi connectivity index (χ0v) is 17.7. The molecule has 1 aliphatic rings. The summed E-state index contributed by atoms with van der Waals surface area (Å²) in [5, 5.41) is 9.72. The van der Waals surface area contributed by atoms with E-state index in [1.165, 1.54) is 5.57 Å². The molecule has 6 nitrogen and oxygen atoms in total. The predicted octanol–water partition coefficient (Wildman–Crippen LogP) is 4.69. The van der Waals surface area contributed by atoms with Crippen LogP contribution in [0.5, 0.6) is 0 Å². The molecule has 0 saturated carbocycles. The molecule has 158 valence electrons. The van der Waals surface area contributed by atoms with Crippen molar-refractivity contribution in [3.8, 4) is 0 Å². The van der Waals surface area contributed by atoms with Crippen LogP contribution in [-0.2, 0) is 9.53 Å². The van der Waals surface area contributed by atoms with Crippen LogP contribution in [0, 0.1) is 5.41 Å². The molecule has 1 amide bonds. The van der Waals surface area contributed by atoms with Gasteiger partial charge in [0, 0.05) is 0 Å². The molecule has 0 radical (unpaired) electrons. The quantitative estimate of drug-likeness (QED) is 0.551. The highest BCUT2D eigenvalue weighted by Gasteiger charge is 2.35. The first-order chi connectivity index (χ1) is 13.6. The summed E-state index contributed by atoms with van der Waals surface area (Å²) in [6.07, 6.45) is 8.40. The van der Waals surface area contributed by atoms with E-state index in [1.54, 1.807) is 20.8 Å². The van der Waals surface area contributed by atoms with Crippen LogP contribution in [0.1, 0.15) is 58.9 Å². The maximum Gasteiger partial charge on any atom is 0.422 e. The summed E-state index contributed by atoms with van der Waals surface area (Å²) in [5.41, 5.74) is 6.40. The summed E-state index contributed by atoms with van der Waals surface area (Å²) in [5.74, 6) is -1.01. The normalized spacial score (nSPS) is 19.9. The van der Waals surface area contributed by atoms with Crippen molar-refractivity contribution in [3.63, 3.8) is 0 Å². The topological polar surface area (TPSA) is 87.7 Å². The lowest BCUT2D eigenvalue weighted by Gasteiger charge is -2.36. The third-order valence-corrected chi connectivity index (χ3v) is 4.84. The Labute approximate surface area is 173 Å². The molecular formula is C23H32N2O4. The van der Waals surface area contributed by atoms with Crippen LogP contribution < -0.4 is 10.9 Å². The van der Waals surface area contributed by atoms with Crippen LogP contribution in [0.15, 0.2) is 48.6 Å². The molecule has 3 N–H and O–H groups in total. The van der Waals surface area contributed by atoms with E-state index < -0.39 is 23.7 Å². The molecule has 2 atom stereocenters. The number of amides is 1. The lowest BCUT2D eigenvalue weighted by molar-refractivity contribution is -0.140. The van der Waals surface area contributed by atoms with Gasteiger partial charge in [0.2, 0.25) is 0 Å². The molecule has 29 heavy (non-hydrogen) atoms. The van der Waals surface area contributed by atoms with E-state index in [4.69, 9.17) is 4.74 Å². The Morgan fingerprint density at radius 3 is 2.52 bits per heavy atom. The Kier molecular flexibility index (Phi) is 7.62. The number of benzene rings is 1. The van der Waals surface area contributed by atoms with Gasteiger partial charge in [0.1, 0.15) is 11.6 Å². The fourth-order valence-electron chi connectivity index (χ4n) is 3.68. The zero-order valence-electron chi connectivity index (χ0n) is 17.7. The number of aliphatic carboxylic acids is 1. The van der Waals surface area contributed by atoms with E-state index in [0.717, 1.165) is 24.8 Å². The summed E-state index contributed by atoms with van der Waals surface area (Å²) < 4.78 is 5.18. The smallest absolute Gasteiger partial charge is 0.422 e. The molecule has 1 aromatic rings. The molecule has 0 spiro atoms. The second-order valence-electron chi connectivity index (χ2n) is 8.57. The predicted molar refractivity (Wildman–Crippen MR) is 114 cm³/mol. The van der Waals surface area contributed by atoms with Crippen molar-refractivity contribution in [2.24, 2.45) is 5.41 Å². The van der Waals surface area contributed by atoms with Crippen molar-refractivity contribution in [2.45, 2.75) is 65.0 Å². The molecule has 2 unspecified atom stereocenters. The van der Waals surface area contributed by atoms with Gasteiger partial charge in [-0.25, -0.2) is 10.2 Å². The van der Waals surface area contributed by atoms with Crippen molar-refractivity contribution in [2.75, 3.05) is 0 Å². The number of carboxylic acids is 1. The van der Waals surface area contributed by atoms with Crippen LogP contribution in [0.25, 0.3) is 5.57 Å². The third kappa shape index (κ3) is 7.06. The first-order valence-corrected chi connectivity index (χ1v) is 10.1. The molecular weight excluding hydrogens is 368 g/mol. The number of allylic oxidation sites excluding steroid dienone is 4. The van der Waals surface area contributed by atoms with Crippen LogP contribution >= 0.6 is 0 Å². The Balaban J connectivity index is 2.12. The summed E-state index contributed by atoms with van der Waals surface area (Å²) in [4.78, 5) is 23.8. The fraction of sp³-hybridized carbons (Fsp3) is 0.478. The summed E-state index contributed by atoms with van der Waals surface area (Å²) >= 11 is 0. The minimum Gasteiger partial charge on any atom is -0.480 e. The van der Waals surface area contributed by atoms with Crippen LogP contribution in [0.2, 0.25) is 0 Å². The van der Waals surface area contributed by atoms with Crippen molar-refractivity contribution in [1.82, 2.24) is 10.9 Å². The molecule has 6 heteroatoms. The van der Waals surface area contributed by atoms with Gasteiger partial charge in [0.25, 0.3) is 0 Å². The van der Waals surface area contributed by atoms with E-state index in [2.05, 4.69) is 42.1 Å². The van der Waals surface area contributed by atoms with Gasteiger partial charge in [-0.15, -0.1) is 0 Å². The molecule has 0 fully saturated rings. The first kappa shape index (κ1) is 22.7. The zero-order chi connectivity index (χ0) is 21.5. The molecule has 1 aromatic carbocycles. The van der Waals surface area contributed by atoms with Crippen molar-refractivity contribution >= 4 is 17.6 Å². The lowest BCUT2D eigenvalue weighted by Crippen LogP contribution is -2.51. The summed E-state index contributed by atoms with van der Waals surface area (Å²) in [6, 6.07) is 9.19. The van der Waals surface area contributed by atoms with Gasteiger partial charge >= 0.3 is 12.1 Å². The number of hydrazine groups is 1. The van der Waals surface area contributed by atoms with Crippen molar-refractivity contribution < 1.29 is 19.4 Å². The van der Waals surface area contributed by atoms with Gasteiger partial charge < -0.3 is 9.84 Å². The molecule has 0 saturated heterocycles. The summed E-state index contributed by atoms with van der Waals surface area (Å²) in [7, 11) is 0. The van der Waals surface area contributed by atoms with E-state index >= 15 is 0 Å². The number of carboxylic acid groups (broad SMARTS) is 1. The number of rotatable bonds is 8. The van der Waals surface area contributed by atoms with E-state index in [1.807, 2.05) is 24.3 Å². The van der Waals surface area contributed by atoms with Crippen molar-refractivity contribution in [3.05, 3.63) is 54.1 Å². The lowest BCUT2D eigenvalue weighted by atomic mass is 9.70. The molecule has 0 bridgehead atoms. The van der Waals surface area contributed by atoms with Crippen LogP contribution in [0.4, 0.5) is 4.79 Å².